The Kier molecular flexibility index (Phi) is 6.88. The van der Waals surface area contributed by atoms with Gasteiger partial charge < -0.3 is 18.5 Å². The number of aromatic nitrogens is 1. The van der Waals surface area contributed by atoms with Crippen molar-refractivity contribution >= 4 is 5.91 Å². The van der Waals surface area contributed by atoms with Crippen LogP contribution in [-0.4, -0.2) is 46.9 Å². The molecule has 0 saturated carbocycles. The summed E-state index contributed by atoms with van der Waals surface area (Å²) in [5.74, 6) is 3.31. The third kappa shape index (κ3) is 6.05. The molecule has 0 atom stereocenters. The number of aryl methyl sites for hydroxylation is 1. The summed E-state index contributed by atoms with van der Waals surface area (Å²) in [6, 6.07) is 11.4. The number of hydrogen-bond acceptors (Lipinski definition) is 6. The van der Waals surface area contributed by atoms with Crippen LogP contribution in [0.25, 0.3) is 0 Å². The molecule has 1 aliphatic rings. The van der Waals surface area contributed by atoms with Crippen molar-refractivity contribution in [3.8, 4) is 5.75 Å². The zero-order valence-corrected chi connectivity index (χ0v) is 20.0. The second-order valence-electron chi connectivity index (χ2n) is 9.66. The van der Waals surface area contributed by atoms with Gasteiger partial charge in [-0.05, 0) is 43.2 Å². The molecule has 7 nitrogen and oxygen atoms in total. The minimum atomic E-state index is -0.0789. The molecule has 2 aromatic heterocycles. The first kappa shape index (κ1) is 23.1. The van der Waals surface area contributed by atoms with Crippen LogP contribution in [-0.2, 0) is 18.6 Å². The molecule has 0 N–H and O–H groups in total. The topological polar surface area (TPSA) is 72.0 Å². The van der Waals surface area contributed by atoms with E-state index in [1.54, 1.807) is 6.07 Å². The Hall–Kier alpha value is -3.06. The highest BCUT2D eigenvalue weighted by molar-refractivity contribution is 5.91. The maximum absolute atomic E-state index is 13.0. The summed E-state index contributed by atoms with van der Waals surface area (Å²) in [5.41, 5.74) is 1.08. The number of ether oxygens (including phenoxy) is 1. The van der Waals surface area contributed by atoms with Crippen LogP contribution < -0.4 is 4.74 Å². The van der Waals surface area contributed by atoms with Crippen molar-refractivity contribution in [2.24, 2.45) is 0 Å². The fraction of sp³-hybridized carbons (Fsp3) is 0.462. The van der Waals surface area contributed by atoms with E-state index in [4.69, 9.17) is 13.6 Å². The summed E-state index contributed by atoms with van der Waals surface area (Å²) in [7, 11) is 0. The summed E-state index contributed by atoms with van der Waals surface area (Å²) >= 11 is 0. The van der Waals surface area contributed by atoms with Crippen molar-refractivity contribution in [3.05, 3.63) is 71.3 Å². The minimum Gasteiger partial charge on any atom is -0.486 e. The minimum absolute atomic E-state index is 0.0553. The van der Waals surface area contributed by atoms with Crippen molar-refractivity contribution in [1.82, 2.24) is 14.8 Å². The predicted molar refractivity (Wildman–Crippen MR) is 125 cm³/mol. The number of amides is 1. The van der Waals surface area contributed by atoms with Crippen LogP contribution in [0.5, 0.6) is 5.75 Å². The Morgan fingerprint density at radius 2 is 1.94 bits per heavy atom. The zero-order valence-electron chi connectivity index (χ0n) is 20.0. The molecule has 7 heteroatoms. The van der Waals surface area contributed by atoms with E-state index >= 15 is 0 Å². The van der Waals surface area contributed by atoms with E-state index in [0.717, 1.165) is 42.5 Å². The molecule has 0 bridgehead atoms. The van der Waals surface area contributed by atoms with Gasteiger partial charge >= 0.3 is 0 Å². The molecule has 33 heavy (non-hydrogen) atoms. The van der Waals surface area contributed by atoms with Gasteiger partial charge in [0.05, 0.1) is 12.7 Å². The second-order valence-corrected chi connectivity index (χ2v) is 9.66. The van der Waals surface area contributed by atoms with Gasteiger partial charge in [-0.1, -0.05) is 32.9 Å². The molecular formula is C26H33N3O4. The fourth-order valence-electron chi connectivity index (χ4n) is 3.84. The Morgan fingerprint density at radius 1 is 1.09 bits per heavy atom. The number of nitrogens with zero attached hydrogens (tertiary/aromatic N) is 3. The number of rotatable bonds is 6. The molecule has 176 valence electrons. The summed E-state index contributed by atoms with van der Waals surface area (Å²) in [6.07, 6.45) is 2.71. The SMILES string of the molecule is Cc1cccc(OCc2ccc(C(=O)N3CCCN(Cc4ncc(C(C)(C)C)o4)CC3)o2)c1. The molecule has 0 radical (unpaired) electrons. The number of furan rings is 1. The van der Waals surface area contributed by atoms with Crippen LogP contribution in [0, 0.1) is 6.92 Å². The smallest absolute Gasteiger partial charge is 0.289 e. The molecule has 1 aromatic carbocycles. The van der Waals surface area contributed by atoms with Crippen LogP contribution in [0.4, 0.5) is 0 Å². The number of benzene rings is 1. The molecule has 0 aliphatic carbocycles. The quantitative estimate of drug-likeness (QED) is 0.536. The summed E-state index contributed by atoms with van der Waals surface area (Å²) in [6.45, 7) is 12.3. The number of oxazole rings is 1. The van der Waals surface area contributed by atoms with Crippen LogP contribution in [0.2, 0.25) is 0 Å². The maximum atomic E-state index is 13.0. The standard InChI is InChI=1S/C26H33N3O4/c1-19-7-5-8-20(15-19)31-18-21-9-10-22(32-21)25(30)29-12-6-11-28(13-14-29)17-24-27-16-23(33-24)26(2,3)4/h5,7-10,15-16H,6,11-14,17-18H2,1-4H3. The number of hydrogen-bond donors (Lipinski definition) is 0. The van der Waals surface area contributed by atoms with Gasteiger partial charge in [0, 0.05) is 31.6 Å². The van der Waals surface area contributed by atoms with Crippen LogP contribution in [0.1, 0.15) is 60.7 Å². The van der Waals surface area contributed by atoms with E-state index in [1.807, 2.05) is 48.4 Å². The second kappa shape index (κ2) is 9.83. The largest absolute Gasteiger partial charge is 0.486 e. The highest BCUT2D eigenvalue weighted by atomic mass is 16.5. The van der Waals surface area contributed by atoms with Crippen molar-refractivity contribution in [2.75, 3.05) is 26.2 Å². The molecule has 3 aromatic rings. The predicted octanol–water partition coefficient (Wildman–Crippen LogP) is 4.80. The lowest BCUT2D eigenvalue weighted by Crippen LogP contribution is -2.35. The number of carbonyl (C=O) groups is 1. The van der Waals surface area contributed by atoms with E-state index in [1.165, 1.54) is 0 Å². The molecular weight excluding hydrogens is 418 g/mol. The average Bonchev–Trinajstić information content (AvgIpc) is 3.38. The summed E-state index contributed by atoms with van der Waals surface area (Å²) in [5, 5.41) is 0. The summed E-state index contributed by atoms with van der Waals surface area (Å²) in [4.78, 5) is 21.6. The monoisotopic (exact) mass is 451 g/mol. The van der Waals surface area contributed by atoms with E-state index in [0.29, 0.717) is 31.2 Å². The molecule has 0 spiro atoms. The van der Waals surface area contributed by atoms with Crippen molar-refractivity contribution in [1.29, 1.82) is 0 Å². The molecule has 4 rings (SSSR count). The zero-order chi connectivity index (χ0) is 23.4. The van der Waals surface area contributed by atoms with Crippen LogP contribution in [0.3, 0.4) is 0 Å². The summed E-state index contributed by atoms with van der Waals surface area (Å²) < 4.78 is 17.5. The maximum Gasteiger partial charge on any atom is 0.289 e. The lowest BCUT2D eigenvalue weighted by Gasteiger charge is -2.20. The first-order chi connectivity index (χ1) is 15.8. The van der Waals surface area contributed by atoms with Crippen molar-refractivity contribution < 1.29 is 18.4 Å². The first-order valence-corrected chi connectivity index (χ1v) is 11.5. The van der Waals surface area contributed by atoms with E-state index < -0.39 is 0 Å². The molecule has 1 fully saturated rings. The van der Waals surface area contributed by atoms with Gasteiger partial charge in [-0.2, -0.15) is 0 Å². The van der Waals surface area contributed by atoms with Crippen LogP contribution >= 0.6 is 0 Å². The average molecular weight is 452 g/mol. The van der Waals surface area contributed by atoms with Crippen molar-refractivity contribution in [2.45, 2.75) is 52.7 Å². The van der Waals surface area contributed by atoms with Gasteiger partial charge in [0.25, 0.3) is 5.91 Å². The lowest BCUT2D eigenvalue weighted by atomic mass is 9.94. The van der Waals surface area contributed by atoms with E-state index in [9.17, 15) is 4.79 Å². The Labute approximate surface area is 195 Å². The third-order valence-corrected chi connectivity index (χ3v) is 5.77. The number of carbonyl (C=O) groups excluding carboxylic acids is 1. The highest BCUT2D eigenvalue weighted by Gasteiger charge is 2.24. The van der Waals surface area contributed by atoms with Gasteiger partial charge in [0.1, 0.15) is 23.9 Å². The van der Waals surface area contributed by atoms with Gasteiger partial charge in [-0.15, -0.1) is 0 Å². The van der Waals surface area contributed by atoms with E-state index in [2.05, 4.69) is 30.7 Å². The Bertz CT molecular complexity index is 1080. The van der Waals surface area contributed by atoms with Gasteiger partial charge in [-0.3, -0.25) is 9.69 Å². The van der Waals surface area contributed by atoms with Gasteiger partial charge in [0.15, 0.2) is 5.76 Å². The first-order valence-electron chi connectivity index (χ1n) is 11.5. The highest BCUT2D eigenvalue weighted by Crippen LogP contribution is 2.23. The lowest BCUT2D eigenvalue weighted by molar-refractivity contribution is 0.0724. The molecule has 0 unspecified atom stereocenters. The third-order valence-electron chi connectivity index (χ3n) is 5.77. The van der Waals surface area contributed by atoms with Gasteiger partial charge in [-0.25, -0.2) is 4.98 Å². The van der Waals surface area contributed by atoms with Crippen LogP contribution in [0.15, 0.2) is 51.4 Å². The van der Waals surface area contributed by atoms with Crippen molar-refractivity contribution in [3.63, 3.8) is 0 Å². The normalized spacial score (nSPS) is 15.5. The Balaban J connectivity index is 1.30. The molecule has 1 aliphatic heterocycles. The van der Waals surface area contributed by atoms with Gasteiger partial charge in [0.2, 0.25) is 5.89 Å². The Morgan fingerprint density at radius 3 is 2.70 bits per heavy atom. The molecule has 1 amide bonds. The molecule has 1 saturated heterocycles. The van der Waals surface area contributed by atoms with E-state index in [-0.39, 0.29) is 17.9 Å². The fourth-order valence-corrected chi connectivity index (χ4v) is 3.84. The molecule has 3 heterocycles.